The molecule has 0 spiro atoms. The molecule has 9 heavy (non-hydrogen) atoms. The van der Waals surface area contributed by atoms with Crippen molar-refractivity contribution in [2.24, 2.45) is 0 Å². The van der Waals surface area contributed by atoms with Crippen LogP contribution in [0.5, 0.6) is 0 Å². The summed E-state index contributed by atoms with van der Waals surface area (Å²) in [7, 11) is 0. The van der Waals surface area contributed by atoms with Gasteiger partial charge in [0.25, 0.3) is 0 Å². The molecule has 0 amide bonds. The number of allylic oxidation sites excluding steroid dienone is 2. The Labute approximate surface area is 55.8 Å². The lowest BCUT2D eigenvalue weighted by atomic mass is 10.3. The van der Waals surface area contributed by atoms with Crippen molar-refractivity contribution in [1.82, 2.24) is 5.32 Å². The maximum absolute atomic E-state index is 3.61. The van der Waals surface area contributed by atoms with Crippen LogP contribution >= 0.6 is 0 Å². The molecule has 1 rings (SSSR count). The minimum absolute atomic E-state index is 0.433. The number of hydrogen-bond donors (Lipinski definition) is 1. The molecule has 0 saturated carbocycles. The topological polar surface area (TPSA) is 12.0 Å². The standard InChI is InChI=1S/C8H11N/c1-2-7-9-8-5-3-4-6-8/h2-6,8-9H,1,7H2. The summed E-state index contributed by atoms with van der Waals surface area (Å²) in [5, 5.41) is 3.24. The van der Waals surface area contributed by atoms with Gasteiger partial charge in [-0.1, -0.05) is 30.4 Å². The molecule has 48 valence electrons. The van der Waals surface area contributed by atoms with Crippen LogP contribution in [0.25, 0.3) is 0 Å². The van der Waals surface area contributed by atoms with Crippen molar-refractivity contribution in [2.45, 2.75) is 6.04 Å². The van der Waals surface area contributed by atoms with Crippen LogP contribution in [0.1, 0.15) is 0 Å². The molecule has 1 aliphatic carbocycles. The van der Waals surface area contributed by atoms with Crippen LogP contribution in [0, 0.1) is 0 Å². The van der Waals surface area contributed by atoms with E-state index < -0.39 is 0 Å². The summed E-state index contributed by atoms with van der Waals surface area (Å²) in [6.45, 7) is 4.49. The van der Waals surface area contributed by atoms with Crippen molar-refractivity contribution >= 4 is 0 Å². The Morgan fingerprint density at radius 2 is 2.11 bits per heavy atom. The molecular weight excluding hydrogens is 110 g/mol. The highest BCUT2D eigenvalue weighted by Crippen LogP contribution is 1.97. The second-order valence-corrected chi connectivity index (χ2v) is 1.99. The lowest BCUT2D eigenvalue weighted by Gasteiger charge is -2.03. The third-order valence-corrected chi connectivity index (χ3v) is 1.25. The van der Waals surface area contributed by atoms with Crippen LogP contribution in [0.3, 0.4) is 0 Å². The summed E-state index contributed by atoms with van der Waals surface area (Å²) >= 11 is 0. The van der Waals surface area contributed by atoms with Gasteiger partial charge in [0.1, 0.15) is 0 Å². The van der Waals surface area contributed by atoms with Crippen molar-refractivity contribution in [2.75, 3.05) is 6.54 Å². The van der Waals surface area contributed by atoms with E-state index in [0.29, 0.717) is 6.04 Å². The zero-order chi connectivity index (χ0) is 6.53. The second kappa shape index (κ2) is 3.25. The Balaban J connectivity index is 2.20. The lowest BCUT2D eigenvalue weighted by molar-refractivity contribution is 0.744. The zero-order valence-corrected chi connectivity index (χ0v) is 5.38. The third-order valence-electron chi connectivity index (χ3n) is 1.25. The minimum atomic E-state index is 0.433. The summed E-state index contributed by atoms with van der Waals surface area (Å²) in [6.07, 6.45) is 10.2. The van der Waals surface area contributed by atoms with Crippen LogP contribution < -0.4 is 5.32 Å². The van der Waals surface area contributed by atoms with Crippen LogP contribution in [-0.4, -0.2) is 12.6 Å². The van der Waals surface area contributed by atoms with Gasteiger partial charge in [-0.3, -0.25) is 0 Å². The summed E-state index contributed by atoms with van der Waals surface area (Å²) < 4.78 is 0. The van der Waals surface area contributed by atoms with Crippen LogP contribution in [-0.2, 0) is 0 Å². The first-order valence-corrected chi connectivity index (χ1v) is 3.13. The fraction of sp³-hybridized carbons (Fsp3) is 0.250. The molecule has 0 bridgehead atoms. The first-order chi connectivity index (χ1) is 4.43. The molecule has 0 heterocycles. The van der Waals surface area contributed by atoms with Gasteiger partial charge in [0.05, 0.1) is 0 Å². The Morgan fingerprint density at radius 3 is 2.67 bits per heavy atom. The van der Waals surface area contributed by atoms with E-state index in [1.165, 1.54) is 0 Å². The molecule has 0 saturated heterocycles. The summed E-state index contributed by atoms with van der Waals surface area (Å²) in [4.78, 5) is 0. The van der Waals surface area contributed by atoms with E-state index in [-0.39, 0.29) is 0 Å². The van der Waals surface area contributed by atoms with Gasteiger partial charge < -0.3 is 5.32 Å². The molecule has 1 N–H and O–H groups in total. The Hall–Kier alpha value is -0.820. The van der Waals surface area contributed by atoms with Gasteiger partial charge in [-0.05, 0) is 0 Å². The molecular formula is C8H11N. The van der Waals surface area contributed by atoms with Gasteiger partial charge >= 0.3 is 0 Å². The van der Waals surface area contributed by atoms with Gasteiger partial charge in [0.15, 0.2) is 0 Å². The van der Waals surface area contributed by atoms with Crippen molar-refractivity contribution in [3.8, 4) is 0 Å². The van der Waals surface area contributed by atoms with E-state index in [4.69, 9.17) is 0 Å². The maximum Gasteiger partial charge on any atom is 0.0444 e. The van der Waals surface area contributed by atoms with Gasteiger partial charge in [-0.25, -0.2) is 0 Å². The van der Waals surface area contributed by atoms with Crippen LogP contribution in [0.2, 0.25) is 0 Å². The van der Waals surface area contributed by atoms with E-state index in [1.807, 2.05) is 18.2 Å². The molecule has 0 aliphatic heterocycles. The first kappa shape index (κ1) is 6.30. The molecule has 0 radical (unpaired) electrons. The van der Waals surface area contributed by atoms with Gasteiger partial charge in [0.2, 0.25) is 0 Å². The largest absolute Gasteiger partial charge is 0.304 e. The predicted octanol–water partition coefficient (Wildman–Crippen LogP) is 1.26. The number of nitrogens with one attached hydrogen (secondary N) is 1. The predicted molar refractivity (Wildman–Crippen MR) is 40.3 cm³/mol. The maximum atomic E-state index is 3.61. The van der Waals surface area contributed by atoms with Crippen molar-refractivity contribution in [3.05, 3.63) is 37.0 Å². The monoisotopic (exact) mass is 121 g/mol. The zero-order valence-electron chi connectivity index (χ0n) is 5.38. The molecule has 0 fully saturated rings. The summed E-state index contributed by atoms with van der Waals surface area (Å²) in [5.74, 6) is 0. The molecule has 1 heteroatoms. The molecule has 0 unspecified atom stereocenters. The van der Waals surface area contributed by atoms with Gasteiger partial charge in [-0.15, -0.1) is 6.58 Å². The Morgan fingerprint density at radius 1 is 1.44 bits per heavy atom. The van der Waals surface area contributed by atoms with Gasteiger partial charge in [0, 0.05) is 12.6 Å². The smallest absolute Gasteiger partial charge is 0.0444 e. The Kier molecular flexibility index (Phi) is 2.28. The van der Waals surface area contributed by atoms with Crippen molar-refractivity contribution in [1.29, 1.82) is 0 Å². The highest BCUT2D eigenvalue weighted by molar-refractivity contribution is 5.21. The molecule has 0 aromatic heterocycles. The van der Waals surface area contributed by atoms with Crippen molar-refractivity contribution < 1.29 is 0 Å². The molecule has 0 aromatic carbocycles. The molecule has 0 atom stereocenters. The Bertz CT molecular complexity index is 133. The van der Waals surface area contributed by atoms with E-state index >= 15 is 0 Å². The highest BCUT2D eigenvalue weighted by Gasteiger charge is 1.98. The fourth-order valence-electron chi connectivity index (χ4n) is 0.787. The van der Waals surface area contributed by atoms with E-state index in [2.05, 4.69) is 24.0 Å². The van der Waals surface area contributed by atoms with E-state index in [9.17, 15) is 0 Å². The average molecular weight is 121 g/mol. The number of hydrogen-bond acceptors (Lipinski definition) is 1. The van der Waals surface area contributed by atoms with Gasteiger partial charge in [-0.2, -0.15) is 0 Å². The molecule has 1 aliphatic rings. The molecule has 1 nitrogen and oxygen atoms in total. The average Bonchev–Trinajstić information content (AvgIpc) is 2.34. The van der Waals surface area contributed by atoms with Crippen molar-refractivity contribution in [3.63, 3.8) is 0 Å². The van der Waals surface area contributed by atoms with E-state index in [0.717, 1.165) is 6.54 Å². The lowest BCUT2D eigenvalue weighted by Crippen LogP contribution is -2.23. The molecule has 0 aromatic rings. The third kappa shape index (κ3) is 1.86. The SMILES string of the molecule is C=CCNC1C=CC=C1. The minimum Gasteiger partial charge on any atom is -0.304 e. The quantitative estimate of drug-likeness (QED) is 0.554. The highest BCUT2D eigenvalue weighted by atomic mass is 14.9. The number of rotatable bonds is 3. The second-order valence-electron chi connectivity index (χ2n) is 1.99. The first-order valence-electron chi connectivity index (χ1n) is 3.13. The van der Waals surface area contributed by atoms with Crippen LogP contribution in [0.15, 0.2) is 37.0 Å². The van der Waals surface area contributed by atoms with E-state index in [1.54, 1.807) is 0 Å². The summed E-state index contributed by atoms with van der Waals surface area (Å²) in [6, 6.07) is 0.433. The van der Waals surface area contributed by atoms with Crippen LogP contribution in [0.4, 0.5) is 0 Å². The normalized spacial score (nSPS) is 16.9. The summed E-state index contributed by atoms with van der Waals surface area (Å²) in [5.41, 5.74) is 0. The fourth-order valence-corrected chi connectivity index (χ4v) is 0.787.